The molecular formula is C16H14O3S. The quantitative estimate of drug-likeness (QED) is 0.479. The van der Waals surface area contributed by atoms with Crippen molar-refractivity contribution in [3.05, 3.63) is 64.4 Å². The number of Topliss-reactive ketones (excluding diaryl/α,β-unsaturated/α-hetero) is 1. The number of hydrogen-bond acceptors (Lipinski definition) is 4. The van der Waals surface area contributed by atoms with Crippen LogP contribution < -0.4 is 0 Å². The van der Waals surface area contributed by atoms with Gasteiger partial charge in [0.15, 0.2) is 6.10 Å². The van der Waals surface area contributed by atoms with Crippen LogP contribution in [0.3, 0.4) is 0 Å². The summed E-state index contributed by atoms with van der Waals surface area (Å²) < 4.78 is 5.09. The zero-order chi connectivity index (χ0) is 14.4. The van der Waals surface area contributed by atoms with Crippen molar-refractivity contribution < 1.29 is 14.3 Å². The number of thiophene rings is 1. The highest BCUT2D eigenvalue weighted by Gasteiger charge is 2.17. The molecule has 0 saturated carbocycles. The fraction of sp³-hybridized carbons (Fsp3) is 0.125. The molecule has 0 amide bonds. The molecule has 1 aromatic carbocycles. The second-order valence-corrected chi connectivity index (χ2v) is 4.98. The first-order valence-corrected chi connectivity index (χ1v) is 7.11. The van der Waals surface area contributed by atoms with Gasteiger partial charge in [0.2, 0.25) is 5.78 Å². The monoisotopic (exact) mass is 286 g/mol. The zero-order valence-corrected chi connectivity index (χ0v) is 11.8. The van der Waals surface area contributed by atoms with Crippen molar-refractivity contribution in [2.75, 3.05) is 0 Å². The van der Waals surface area contributed by atoms with E-state index in [9.17, 15) is 9.59 Å². The summed E-state index contributed by atoms with van der Waals surface area (Å²) in [4.78, 5) is 23.6. The first-order valence-electron chi connectivity index (χ1n) is 6.17. The average Bonchev–Trinajstić information content (AvgIpc) is 2.98. The molecule has 20 heavy (non-hydrogen) atoms. The van der Waals surface area contributed by atoms with Gasteiger partial charge in [0.1, 0.15) is 0 Å². The van der Waals surface area contributed by atoms with Crippen molar-refractivity contribution >= 4 is 29.2 Å². The first kappa shape index (κ1) is 14.2. The Labute approximate surface area is 121 Å². The summed E-state index contributed by atoms with van der Waals surface area (Å²) >= 11 is 1.55. The number of ether oxygens (including phenoxy) is 1. The van der Waals surface area contributed by atoms with Crippen LogP contribution >= 0.6 is 11.3 Å². The maximum atomic E-state index is 12.0. The van der Waals surface area contributed by atoms with Gasteiger partial charge in [-0.25, -0.2) is 4.79 Å². The van der Waals surface area contributed by atoms with Crippen LogP contribution in [0.2, 0.25) is 0 Å². The van der Waals surface area contributed by atoms with Crippen LogP contribution in [0.25, 0.3) is 6.08 Å². The molecule has 0 spiro atoms. The molecule has 0 fully saturated rings. The van der Waals surface area contributed by atoms with Gasteiger partial charge < -0.3 is 4.74 Å². The van der Waals surface area contributed by atoms with Crippen LogP contribution in [0.1, 0.15) is 22.8 Å². The number of rotatable bonds is 5. The largest absolute Gasteiger partial charge is 0.451 e. The highest BCUT2D eigenvalue weighted by Crippen LogP contribution is 2.09. The lowest BCUT2D eigenvalue weighted by Crippen LogP contribution is -2.23. The predicted molar refractivity (Wildman–Crippen MR) is 79.7 cm³/mol. The molecule has 2 rings (SSSR count). The molecule has 2 aromatic rings. The van der Waals surface area contributed by atoms with Crippen molar-refractivity contribution in [3.63, 3.8) is 0 Å². The Morgan fingerprint density at radius 3 is 2.60 bits per heavy atom. The standard InChI is InChI=1S/C16H14O3S/c1-12(16(18)14-5-3-2-4-6-14)19-15(17)8-7-13-9-10-20-11-13/h2-12H,1H3/b8-7+. The van der Waals surface area contributed by atoms with Crippen LogP contribution in [-0.4, -0.2) is 17.9 Å². The second-order valence-electron chi connectivity index (χ2n) is 4.20. The van der Waals surface area contributed by atoms with E-state index in [-0.39, 0.29) is 5.78 Å². The van der Waals surface area contributed by atoms with Gasteiger partial charge in [-0.3, -0.25) is 4.79 Å². The van der Waals surface area contributed by atoms with Gasteiger partial charge in [-0.05, 0) is 35.4 Å². The van der Waals surface area contributed by atoms with Gasteiger partial charge in [-0.2, -0.15) is 11.3 Å². The number of benzene rings is 1. The minimum atomic E-state index is -0.794. The van der Waals surface area contributed by atoms with E-state index < -0.39 is 12.1 Å². The highest BCUT2D eigenvalue weighted by atomic mass is 32.1. The van der Waals surface area contributed by atoms with Crippen LogP contribution in [-0.2, 0) is 9.53 Å². The predicted octanol–water partition coefficient (Wildman–Crippen LogP) is 3.58. The summed E-state index contributed by atoms with van der Waals surface area (Å²) in [5.41, 5.74) is 1.48. The molecule has 3 nitrogen and oxygen atoms in total. The summed E-state index contributed by atoms with van der Waals surface area (Å²) in [5.74, 6) is -0.726. The van der Waals surface area contributed by atoms with E-state index in [2.05, 4.69) is 0 Å². The molecule has 0 aliphatic heterocycles. The van der Waals surface area contributed by atoms with Crippen LogP contribution in [0.5, 0.6) is 0 Å². The molecule has 0 bridgehead atoms. The molecular weight excluding hydrogens is 272 g/mol. The maximum absolute atomic E-state index is 12.0. The summed E-state index contributed by atoms with van der Waals surface area (Å²) in [6.45, 7) is 1.58. The van der Waals surface area contributed by atoms with Crippen molar-refractivity contribution in [2.45, 2.75) is 13.0 Å². The smallest absolute Gasteiger partial charge is 0.331 e. The third kappa shape index (κ3) is 3.90. The number of carbonyl (C=O) groups excluding carboxylic acids is 2. The van der Waals surface area contributed by atoms with Gasteiger partial charge in [-0.15, -0.1) is 0 Å². The Bertz CT molecular complexity index is 600. The van der Waals surface area contributed by atoms with Crippen molar-refractivity contribution in [1.82, 2.24) is 0 Å². The maximum Gasteiger partial charge on any atom is 0.331 e. The summed E-state index contributed by atoms with van der Waals surface area (Å²) in [7, 11) is 0. The lowest BCUT2D eigenvalue weighted by molar-refractivity contribution is -0.140. The van der Waals surface area contributed by atoms with E-state index in [4.69, 9.17) is 4.74 Å². The number of hydrogen-bond donors (Lipinski definition) is 0. The van der Waals surface area contributed by atoms with Crippen LogP contribution in [0.4, 0.5) is 0 Å². The molecule has 0 N–H and O–H groups in total. The lowest BCUT2D eigenvalue weighted by Gasteiger charge is -2.10. The van der Waals surface area contributed by atoms with E-state index in [0.717, 1.165) is 5.56 Å². The summed E-state index contributed by atoms with van der Waals surface area (Å²) in [6.07, 6.45) is 2.20. The molecule has 0 saturated heterocycles. The number of ketones is 1. The molecule has 1 aromatic heterocycles. The Hall–Kier alpha value is -2.20. The van der Waals surface area contributed by atoms with E-state index in [1.165, 1.54) is 6.08 Å². The third-order valence-corrected chi connectivity index (χ3v) is 3.38. The summed E-state index contributed by atoms with van der Waals surface area (Å²) in [6, 6.07) is 10.7. The fourth-order valence-electron chi connectivity index (χ4n) is 1.64. The fourth-order valence-corrected chi connectivity index (χ4v) is 2.27. The van der Waals surface area contributed by atoms with Gasteiger partial charge >= 0.3 is 5.97 Å². The van der Waals surface area contributed by atoms with Gasteiger partial charge in [-0.1, -0.05) is 30.3 Å². The molecule has 1 unspecified atom stereocenters. The molecule has 1 atom stereocenters. The van der Waals surface area contributed by atoms with Crippen molar-refractivity contribution in [1.29, 1.82) is 0 Å². The molecule has 0 aliphatic carbocycles. The van der Waals surface area contributed by atoms with Gasteiger partial charge in [0.25, 0.3) is 0 Å². The van der Waals surface area contributed by atoms with Crippen LogP contribution in [0.15, 0.2) is 53.2 Å². The average molecular weight is 286 g/mol. The molecule has 102 valence electrons. The molecule has 1 heterocycles. The Kier molecular flexibility index (Phi) is 4.85. The minimum Gasteiger partial charge on any atom is -0.451 e. The lowest BCUT2D eigenvalue weighted by atomic mass is 10.1. The van der Waals surface area contributed by atoms with Crippen molar-refractivity contribution in [3.8, 4) is 0 Å². The molecule has 4 heteroatoms. The SMILES string of the molecule is CC(OC(=O)/C=C/c1ccsc1)C(=O)c1ccccc1. The highest BCUT2D eigenvalue weighted by molar-refractivity contribution is 7.08. The second kappa shape index (κ2) is 6.82. The van der Waals surface area contributed by atoms with E-state index in [1.807, 2.05) is 22.9 Å². The minimum absolute atomic E-state index is 0.206. The first-order chi connectivity index (χ1) is 9.66. The molecule has 0 radical (unpaired) electrons. The van der Waals surface area contributed by atoms with E-state index >= 15 is 0 Å². The number of carbonyl (C=O) groups is 2. The summed E-state index contributed by atoms with van der Waals surface area (Å²) in [5, 5.41) is 3.84. The Morgan fingerprint density at radius 2 is 1.95 bits per heavy atom. The Morgan fingerprint density at radius 1 is 1.20 bits per heavy atom. The van der Waals surface area contributed by atoms with Crippen LogP contribution in [0, 0.1) is 0 Å². The topological polar surface area (TPSA) is 43.4 Å². The third-order valence-electron chi connectivity index (χ3n) is 2.68. The van der Waals surface area contributed by atoms with Crippen molar-refractivity contribution in [2.24, 2.45) is 0 Å². The van der Waals surface area contributed by atoms with E-state index in [1.54, 1.807) is 48.6 Å². The molecule has 0 aliphatic rings. The Balaban J connectivity index is 1.92. The number of esters is 1. The zero-order valence-electron chi connectivity index (χ0n) is 11.0. The van der Waals surface area contributed by atoms with Gasteiger partial charge in [0, 0.05) is 11.6 Å². The van der Waals surface area contributed by atoms with E-state index in [0.29, 0.717) is 5.56 Å². The van der Waals surface area contributed by atoms with Gasteiger partial charge in [0.05, 0.1) is 0 Å². The normalized spacial score (nSPS) is 12.2.